The predicted molar refractivity (Wildman–Crippen MR) is 83.2 cm³/mol. The van der Waals surface area contributed by atoms with Gasteiger partial charge in [-0.1, -0.05) is 25.1 Å². The van der Waals surface area contributed by atoms with Gasteiger partial charge in [-0.25, -0.2) is 4.79 Å². The minimum Gasteiger partial charge on any atom is -0.336 e. The molecule has 2 rings (SSSR count). The van der Waals surface area contributed by atoms with Crippen molar-refractivity contribution in [2.75, 3.05) is 25.0 Å². The third kappa shape index (κ3) is 3.51. The Morgan fingerprint density at radius 1 is 1.35 bits per heavy atom. The SMILES string of the molecule is CCN1CCCC1CNC(=O)Nc1c(C)cccc1C. The number of likely N-dealkylation sites (tertiary alicyclic amines) is 1. The van der Waals surface area contributed by atoms with Crippen LogP contribution >= 0.6 is 0 Å². The average molecular weight is 275 g/mol. The number of urea groups is 1. The monoisotopic (exact) mass is 275 g/mol. The summed E-state index contributed by atoms with van der Waals surface area (Å²) in [6, 6.07) is 6.41. The standard InChI is InChI=1S/C16H25N3O/c1-4-19-10-6-9-14(19)11-17-16(20)18-15-12(2)7-5-8-13(15)3/h5,7-8,14H,4,6,9-11H2,1-3H3,(H2,17,18,20). The lowest BCUT2D eigenvalue weighted by molar-refractivity contribution is 0.238. The van der Waals surface area contributed by atoms with Crippen LogP contribution in [0.5, 0.6) is 0 Å². The molecular weight excluding hydrogens is 250 g/mol. The van der Waals surface area contributed by atoms with Gasteiger partial charge in [0.15, 0.2) is 0 Å². The van der Waals surface area contributed by atoms with Crippen molar-refractivity contribution in [2.45, 2.75) is 39.7 Å². The highest BCUT2D eigenvalue weighted by Gasteiger charge is 2.23. The first kappa shape index (κ1) is 14.9. The number of carbonyl (C=O) groups is 1. The normalized spacial score (nSPS) is 19.1. The van der Waals surface area contributed by atoms with Gasteiger partial charge in [0.25, 0.3) is 0 Å². The Morgan fingerprint density at radius 2 is 2.05 bits per heavy atom. The lowest BCUT2D eigenvalue weighted by atomic mass is 10.1. The predicted octanol–water partition coefficient (Wildman–Crippen LogP) is 2.91. The molecule has 0 aromatic heterocycles. The largest absolute Gasteiger partial charge is 0.336 e. The van der Waals surface area contributed by atoms with Crippen LogP contribution in [0.4, 0.5) is 10.5 Å². The Balaban J connectivity index is 1.87. The van der Waals surface area contributed by atoms with E-state index in [9.17, 15) is 4.79 Å². The second-order valence-corrected chi connectivity index (χ2v) is 5.53. The van der Waals surface area contributed by atoms with Crippen molar-refractivity contribution in [3.8, 4) is 0 Å². The quantitative estimate of drug-likeness (QED) is 0.887. The van der Waals surface area contributed by atoms with Crippen molar-refractivity contribution in [1.82, 2.24) is 10.2 Å². The van der Waals surface area contributed by atoms with Crippen molar-refractivity contribution in [2.24, 2.45) is 0 Å². The van der Waals surface area contributed by atoms with Crippen LogP contribution in [0, 0.1) is 13.8 Å². The molecule has 1 fully saturated rings. The van der Waals surface area contributed by atoms with Gasteiger partial charge in [-0.3, -0.25) is 4.90 Å². The molecule has 4 heteroatoms. The Bertz CT molecular complexity index is 453. The molecule has 0 spiro atoms. The van der Waals surface area contributed by atoms with Gasteiger partial charge in [-0.15, -0.1) is 0 Å². The molecule has 1 heterocycles. The number of carbonyl (C=O) groups excluding carboxylic acids is 1. The molecule has 1 aromatic rings. The van der Waals surface area contributed by atoms with E-state index in [1.807, 2.05) is 32.0 Å². The third-order valence-electron chi connectivity index (χ3n) is 4.12. The summed E-state index contributed by atoms with van der Waals surface area (Å²) in [5, 5.41) is 5.97. The van der Waals surface area contributed by atoms with Crippen LogP contribution < -0.4 is 10.6 Å². The van der Waals surface area contributed by atoms with Crippen LogP contribution in [0.2, 0.25) is 0 Å². The van der Waals surface area contributed by atoms with Gasteiger partial charge in [0.05, 0.1) is 0 Å². The first-order chi connectivity index (χ1) is 9.61. The summed E-state index contributed by atoms with van der Waals surface area (Å²) in [5.74, 6) is 0. The number of para-hydroxylation sites is 1. The molecule has 4 nitrogen and oxygen atoms in total. The number of rotatable bonds is 4. The molecule has 1 aliphatic heterocycles. The molecular formula is C16H25N3O. The van der Waals surface area contributed by atoms with Crippen molar-refractivity contribution >= 4 is 11.7 Å². The highest BCUT2D eigenvalue weighted by molar-refractivity contribution is 5.90. The molecule has 2 amide bonds. The maximum absolute atomic E-state index is 12.0. The van der Waals surface area contributed by atoms with E-state index < -0.39 is 0 Å². The summed E-state index contributed by atoms with van der Waals surface area (Å²) in [6.45, 7) is 9.14. The molecule has 110 valence electrons. The van der Waals surface area contributed by atoms with Crippen LogP contribution in [-0.4, -0.2) is 36.6 Å². The summed E-state index contributed by atoms with van der Waals surface area (Å²) < 4.78 is 0. The fourth-order valence-electron chi connectivity index (χ4n) is 2.92. The van der Waals surface area contributed by atoms with E-state index in [4.69, 9.17) is 0 Å². The summed E-state index contributed by atoms with van der Waals surface area (Å²) in [7, 11) is 0. The summed E-state index contributed by atoms with van der Waals surface area (Å²) in [4.78, 5) is 14.5. The number of anilines is 1. The molecule has 1 unspecified atom stereocenters. The van der Waals surface area contributed by atoms with Crippen molar-refractivity contribution in [3.05, 3.63) is 29.3 Å². The summed E-state index contributed by atoms with van der Waals surface area (Å²) >= 11 is 0. The van der Waals surface area contributed by atoms with E-state index in [0.29, 0.717) is 6.04 Å². The highest BCUT2D eigenvalue weighted by atomic mass is 16.2. The molecule has 20 heavy (non-hydrogen) atoms. The molecule has 1 saturated heterocycles. The molecule has 0 aliphatic carbocycles. The van der Waals surface area contributed by atoms with Gasteiger partial charge in [0.1, 0.15) is 0 Å². The van der Waals surface area contributed by atoms with E-state index in [0.717, 1.165) is 36.4 Å². The van der Waals surface area contributed by atoms with Crippen LogP contribution in [-0.2, 0) is 0 Å². The van der Waals surface area contributed by atoms with E-state index in [-0.39, 0.29) is 6.03 Å². The van der Waals surface area contributed by atoms with Crippen LogP contribution in [0.1, 0.15) is 30.9 Å². The second kappa shape index (κ2) is 6.75. The smallest absolute Gasteiger partial charge is 0.319 e. The topological polar surface area (TPSA) is 44.4 Å². The molecule has 0 bridgehead atoms. The maximum Gasteiger partial charge on any atom is 0.319 e. The van der Waals surface area contributed by atoms with E-state index >= 15 is 0 Å². The van der Waals surface area contributed by atoms with Crippen LogP contribution in [0.3, 0.4) is 0 Å². The molecule has 1 atom stereocenters. The van der Waals surface area contributed by atoms with Gasteiger partial charge in [-0.2, -0.15) is 0 Å². The van der Waals surface area contributed by atoms with Crippen molar-refractivity contribution < 1.29 is 4.79 Å². The molecule has 1 aromatic carbocycles. The fraction of sp³-hybridized carbons (Fsp3) is 0.562. The zero-order chi connectivity index (χ0) is 14.5. The van der Waals surface area contributed by atoms with Crippen LogP contribution in [0.15, 0.2) is 18.2 Å². The van der Waals surface area contributed by atoms with Gasteiger partial charge < -0.3 is 10.6 Å². The highest BCUT2D eigenvalue weighted by Crippen LogP contribution is 2.19. The summed E-state index contributed by atoms with van der Waals surface area (Å²) in [6.07, 6.45) is 2.41. The Hall–Kier alpha value is -1.55. The van der Waals surface area contributed by atoms with Gasteiger partial charge in [0.2, 0.25) is 0 Å². The molecule has 1 aliphatic rings. The first-order valence-electron chi connectivity index (χ1n) is 7.47. The lowest BCUT2D eigenvalue weighted by Crippen LogP contribution is -2.41. The first-order valence-corrected chi connectivity index (χ1v) is 7.47. The number of hydrogen-bond acceptors (Lipinski definition) is 2. The number of amides is 2. The average Bonchev–Trinajstić information content (AvgIpc) is 2.88. The van der Waals surface area contributed by atoms with Gasteiger partial charge in [-0.05, 0) is 50.9 Å². The van der Waals surface area contributed by atoms with Crippen molar-refractivity contribution in [3.63, 3.8) is 0 Å². The number of benzene rings is 1. The second-order valence-electron chi connectivity index (χ2n) is 5.53. The number of hydrogen-bond donors (Lipinski definition) is 2. The Labute approximate surface area is 121 Å². The fourth-order valence-corrected chi connectivity index (χ4v) is 2.92. The Kier molecular flexibility index (Phi) is 5.01. The zero-order valence-corrected chi connectivity index (χ0v) is 12.7. The molecule has 0 radical (unpaired) electrons. The van der Waals surface area contributed by atoms with E-state index in [2.05, 4.69) is 22.5 Å². The maximum atomic E-state index is 12.0. The molecule has 2 N–H and O–H groups in total. The number of nitrogens with one attached hydrogen (secondary N) is 2. The molecule has 0 saturated carbocycles. The number of likely N-dealkylation sites (N-methyl/N-ethyl adjacent to an activating group) is 1. The van der Waals surface area contributed by atoms with Crippen molar-refractivity contribution in [1.29, 1.82) is 0 Å². The van der Waals surface area contributed by atoms with Crippen LogP contribution in [0.25, 0.3) is 0 Å². The zero-order valence-electron chi connectivity index (χ0n) is 12.7. The lowest BCUT2D eigenvalue weighted by Gasteiger charge is -2.23. The Morgan fingerprint density at radius 3 is 2.70 bits per heavy atom. The third-order valence-corrected chi connectivity index (χ3v) is 4.12. The summed E-state index contributed by atoms with van der Waals surface area (Å²) in [5.41, 5.74) is 3.11. The van der Waals surface area contributed by atoms with Gasteiger partial charge >= 0.3 is 6.03 Å². The van der Waals surface area contributed by atoms with E-state index in [1.54, 1.807) is 0 Å². The van der Waals surface area contributed by atoms with Gasteiger partial charge in [0, 0.05) is 18.3 Å². The number of aryl methyl sites for hydroxylation is 2. The minimum absolute atomic E-state index is 0.106. The number of nitrogens with zero attached hydrogens (tertiary/aromatic N) is 1. The van der Waals surface area contributed by atoms with E-state index in [1.165, 1.54) is 12.8 Å². The minimum atomic E-state index is -0.106.